The van der Waals surface area contributed by atoms with E-state index in [1.54, 1.807) is 6.92 Å². The highest BCUT2D eigenvalue weighted by Gasteiger charge is 2.09. The lowest BCUT2D eigenvalue weighted by Gasteiger charge is -2.21. The van der Waals surface area contributed by atoms with Crippen LogP contribution in [0.1, 0.15) is 34.1 Å². The van der Waals surface area contributed by atoms with Crippen LogP contribution in [0.4, 0.5) is 0 Å². The lowest BCUT2D eigenvalue weighted by molar-refractivity contribution is 0.180. The van der Waals surface area contributed by atoms with Crippen molar-refractivity contribution in [3.05, 3.63) is 0 Å². The molecule has 68 valence electrons. The molecule has 0 aliphatic heterocycles. The summed E-state index contributed by atoms with van der Waals surface area (Å²) in [6.07, 6.45) is 0.896. The third-order valence-electron chi connectivity index (χ3n) is 1.92. The zero-order valence-electron chi connectivity index (χ0n) is 8.09. The predicted molar refractivity (Wildman–Crippen MR) is 48.6 cm³/mol. The van der Waals surface area contributed by atoms with Crippen molar-refractivity contribution in [2.75, 3.05) is 6.54 Å². The van der Waals surface area contributed by atoms with Crippen molar-refractivity contribution in [3.8, 4) is 0 Å². The molecule has 0 bridgehead atoms. The second-order valence-corrected chi connectivity index (χ2v) is 3.52. The SMILES string of the molecule is CCC(NC[C@H](C)O)C(C)C. The first-order valence-electron chi connectivity index (χ1n) is 4.49. The van der Waals surface area contributed by atoms with Crippen molar-refractivity contribution in [2.45, 2.75) is 46.3 Å². The molecule has 0 saturated carbocycles. The normalized spacial score (nSPS) is 16.9. The zero-order chi connectivity index (χ0) is 8.85. The first-order chi connectivity index (χ1) is 5.07. The number of aliphatic hydroxyl groups is 1. The Morgan fingerprint density at radius 3 is 2.09 bits per heavy atom. The summed E-state index contributed by atoms with van der Waals surface area (Å²) >= 11 is 0. The highest BCUT2D eigenvalue weighted by atomic mass is 16.3. The van der Waals surface area contributed by atoms with E-state index in [4.69, 9.17) is 5.11 Å². The van der Waals surface area contributed by atoms with Crippen molar-refractivity contribution in [3.63, 3.8) is 0 Å². The van der Waals surface area contributed by atoms with E-state index in [-0.39, 0.29) is 6.10 Å². The highest BCUT2D eigenvalue weighted by molar-refractivity contribution is 4.69. The fourth-order valence-electron chi connectivity index (χ4n) is 1.17. The Kier molecular flexibility index (Phi) is 5.51. The molecule has 2 nitrogen and oxygen atoms in total. The van der Waals surface area contributed by atoms with Crippen molar-refractivity contribution < 1.29 is 5.11 Å². The average Bonchev–Trinajstić information content (AvgIpc) is 1.87. The monoisotopic (exact) mass is 159 g/mol. The molecule has 0 aromatic heterocycles. The van der Waals surface area contributed by atoms with Gasteiger partial charge in [0.25, 0.3) is 0 Å². The fourth-order valence-corrected chi connectivity index (χ4v) is 1.17. The first-order valence-corrected chi connectivity index (χ1v) is 4.49. The first kappa shape index (κ1) is 10.9. The third-order valence-corrected chi connectivity index (χ3v) is 1.92. The minimum atomic E-state index is -0.234. The van der Waals surface area contributed by atoms with E-state index in [0.717, 1.165) is 6.42 Å². The van der Waals surface area contributed by atoms with Gasteiger partial charge in [-0.25, -0.2) is 0 Å². The summed E-state index contributed by atoms with van der Waals surface area (Å²) in [6.45, 7) is 9.07. The van der Waals surface area contributed by atoms with Gasteiger partial charge in [0.2, 0.25) is 0 Å². The van der Waals surface area contributed by atoms with Crippen LogP contribution in [0.3, 0.4) is 0 Å². The second kappa shape index (κ2) is 5.56. The summed E-state index contributed by atoms with van der Waals surface area (Å²) in [5, 5.41) is 12.3. The van der Waals surface area contributed by atoms with Crippen LogP contribution in [0.2, 0.25) is 0 Å². The number of hydrogen-bond donors (Lipinski definition) is 2. The standard InChI is InChI=1S/C9H21NO/c1-5-9(7(2)3)10-6-8(4)11/h7-11H,5-6H2,1-4H3/t8-,9?/m0/s1. The van der Waals surface area contributed by atoms with E-state index in [0.29, 0.717) is 18.5 Å². The van der Waals surface area contributed by atoms with Crippen molar-refractivity contribution in [1.29, 1.82) is 0 Å². The van der Waals surface area contributed by atoms with Gasteiger partial charge in [0.15, 0.2) is 0 Å². The van der Waals surface area contributed by atoms with Gasteiger partial charge in [-0.05, 0) is 19.3 Å². The number of hydrogen-bond acceptors (Lipinski definition) is 2. The molecule has 1 unspecified atom stereocenters. The highest BCUT2D eigenvalue weighted by Crippen LogP contribution is 2.04. The minimum absolute atomic E-state index is 0.234. The molecule has 0 aromatic carbocycles. The lowest BCUT2D eigenvalue weighted by atomic mass is 10.0. The topological polar surface area (TPSA) is 32.3 Å². The predicted octanol–water partition coefficient (Wildman–Crippen LogP) is 1.39. The van der Waals surface area contributed by atoms with E-state index in [2.05, 4.69) is 26.1 Å². The van der Waals surface area contributed by atoms with Crippen LogP contribution in [0.5, 0.6) is 0 Å². The molecule has 0 saturated heterocycles. The van der Waals surface area contributed by atoms with Gasteiger partial charge < -0.3 is 10.4 Å². The molecule has 0 aliphatic rings. The fraction of sp³-hybridized carbons (Fsp3) is 1.00. The van der Waals surface area contributed by atoms with Gasteiger partial charge in [-0.1, -0.05) is 20.8 Å². The molecule has 0 radical (unpaired) electrons. The third kappa shape index (κ3) is 5.22. The number of rotatable bonds is 5. The van der Waals surface area contributed by atoms with Crippen LogP contribution in [-0.4, -0.2) is 23.8 Å². The summed E-state index contributed by atoms with van der Waals surface area (Å²) in [6, 6.07) is 0.546. The summed E-state index contributed by atoms with van der Waals surface area (Å²) in [5.41, 5.74) is 0. The molecule has 0 amide bonds. The molecular formula is C9H21NO. The Balaban J connectivity index is 3.52. The summed E-state index contributed by atoms with van der Waals surface area (Å²) < 4.78 is 0. The molecule has 11 heavy (non-hydrogen) atoms. The molecule has 0 fully saturated rings. The molecule has 0 rings (SSSR count). The van der Waals surface area contributed by atoms with E-state index < -0.39 is 0 Å². The van der Waals surface area contributed by atoms with Crippen molar-refractivity contribution in [2.24, 2.45) is 5.92 Å². The Morgan fingerprint density at radius 1 is 1.27 bits per heavy atom. The van der Waals surface area contributed by atoms with Gasteiger partial charge in [-0.15, -0.1) is 0 Å². The van der Waals surface area contributed by atoms with Gasteiger partial charge in [-0.2, -0.15) is 0 Å². The maximum atomic E-state index is 9.02. The Bertz CT molecular complexity index is 91.6. The van der Waals surface area contributed by atoms with Gasteiger partial charge in [0.05, 0.1) is 6.10 Å². The number of aliphatic hydroxyl groups excluding tert-OH is 1. The molecule has 0 aliphatic carbocycles. The summed E-state index contributed by atoms with van der Waals surface area (Å²) in [7, 11) is 0. The van der Waals surface area contributed by atoms with Crippen LogP contribution < -0.4 is 5.32 Å². The van der Waals surface area contributed by atoms with Crippen LogP contribution in [0, 0.1) is 5.92 Å². The van der Waals surface area contributed by atoms with Crippen LogP contribution >= 0.6 is 0 Å². The van der Waals surface area contributed by atoms with Gasteiger partial charge in [0.1, 0.15) is 0 Å². The molecule has 2 N–H and O–H groups in total. The summed E-state index contributed by atoms with van der Waals surface area (Å²) in [4.78, 5) is 0. The molecule has 0 heterocycles. The smallest absolute Gasteiger partial charge is 0.0636 e. The van der Waals surface area contributed by atoms with Crippen LogP contribution in [0.15, 0.2) is 0 Å². The molecule has 2 heteroatoms. The van der Waals surface area contributed by atoms with E-state index in [1.165, 1.54) is 0 Å². The van der Waals surface area contributed by atoms with E-state index >= 15 is 0 Å². The molecule has 2 atom stereocenters. The second-order valence-electron chi connectivity index (χ2n) is 3.52. The summed E-state index contributed by atoms with van der Waals surface area (Å²) in [5.74, 6) is 0.652. The van der Waals surface area contributed by atoms with Gasteiger partial charge in [0, 0.05) is 12.6 Å². The Hall–Kier alpha value is -0.0800. The minimum Gasteiger partial charge on any atom is -0.392 e. The zero-order valence-corrected chi connectivity index (χ0v) is 8.09. The van der Waals surface area contributed by atoms with E-state index in [1.807, 2.05) is 0 Å². The quantitative estimate of drug-likeness (QED) is 0.635. The molecule has 0 aromatic rings. The Labute approximate surface area is 70.0 Å². The molecular weight excluding hydrogens is 138 g/mol. The average molecular weight is 159 g/mol. The maximum absolute atomic E-state index is 9.02. The number of nitrogens with one attached hydrogen (secondary N) is 1. The van der Waals surface area contributed by atoms with E-state index in [9.17, 15) is 0 Å². The van der Waals surface area contributed by atoms with Crippen LogP contribution in [-0.2, 0) is 0 Å². The largest absolute Gasteiger partial charge is 0.392 e. The van der Waals surface area contributed by atoms with Crippen LogP contribution in [0.25, 0.3) is 0 Å². The van der Waals surface area contributed by atoms with Gasteiger partial charge >= 0.3 is 0 Å². The molecule has 0 spiro atoms. The lowest BCUT2D eigenvalue weighted by Crippen LogP contribution is -2.37. The van der Waals surface area contributed by atoms with Gasteiger partial charge in [-0.3, -0.25) is 0 Å². The Morgan fingerprint density at radius 2 is 1.82 bits per heavy atom. The van der Waals surface area contributed by atoms with Crippen molar-refractivity contribution >= 4 is 0 Å². The maximum Gasteiger partial charge on any atom is 0.0636 e. The van der Waals surface area contributed by atoms with Crippen molar-refractivity contribution in [1.82, 2.24) is 5.32 Å².